The van der Waals surface area contributed by atoms with Gasteiger partial charge in [0.05, 0.1) is 16.0 Å². The Kier molecular flexibility index (Phi) is 4.30. The van der Waals surface area contributed by atoms with Crippen molar-refractivity contribution in [1.29, 1.82) is 0 Å². The van der Waals surface area contributed by atoms with E-state index in [9.17, 15) is 9.59 Å². The Balaban J connectivity index is 1.65. The van der Waals surface area contributed by atoms with E-state index in [1.54, 1.807) is 0 Å². The van der Waals surface area contributed by atoms with E-state index in [2.05, 4.69) is 20.3 Å². The summed E-state index contributed by atoms with van der Waals surface area (Å²) in [4.78, 5) is 34.1. The Hall–Kier alpha value is -2.39. The lowest BCUT2D eigenvalue weighted by Crippen LogP contribution is -2.15. The molecule has 1 aromatic carbocycles. The van der Waals surface area contributed by atoms with Gasteiger partial charge >= 0.3 is 0 Å². The molecule has 118 valence electrons. The normalized spacial score (nSPS) is 10.8. The van der Waals surface area contributed by atoms with E-state index < -0.39 is 0 Å². The van der Waals surface area contributed by atoms with Crippen molar-refractivity contribution >= 4 is 50.2 Å². The summed E-state index contributed by atoms with van der Waals surface area (Å²) in [5, 5.41) is 3.60. The zero-order valence-corrected chi connectivity index (χ0v) is 13.8. The molecule has 0 atom stereocenters. The maximum atomic E-state index is 12.0. The molecule has 0 bridgehead atoms. The largest absolute Gasteiger partial charge is 0.383 e. The first-order valence-electron chi connectivity index (χ1n) is 6.66. The van der Waals surface area contributed by atoms with Crippen LogP contribution in [0.4, 0.5) is 10.9 Å². The van der Waals surface area contributed by atoms with Gasteiger partial charge in [-0.05, 0) is 24.6 Å². The quantitative estimate of drug-likeness (QED) is 0.491. The lowest BCUT2D eigenvalue weighted by Gasteiger charge is -2.01. The molecule has 2 heterocycles. The molecule has 0 saturated carbocycles. The van der Waals surface area contributed by atoms with E-state index in [-0.39, 0.29) is 23.0 Å². The molecule has 0 aliphatic carbocycles. The number of thiazole rings is 1. The maximum Gasteiger partial charge on any atom is 0.253 e. The third kappa shape index (κ3) is 3.88. The second-order valence-corrected chi connectivity index (χ2v) is 6.80. The third-order valence-electron chi connectivity index (χ3n) is 2.87. The fraction of sp³-hybridized carbons (Fsp3) is 0.143. The lowest BCUT2D eigenvalue weighted by molar-refractivity contribution is -0.113. The van der Waals surface area contributed by atoms with Crippen LogP contribution in [0.5, 0.6) is 0 Å². The van der Waals surface area contributed by atoms with Crippen LogP contribution < -0.4 is 16.6 Å². The molecule has 7 nitrogen and oxygen atoms in total. The number of H-pyrrole nitrogens is 1. The number of benzene rings is 1. The van der Waals surface area contributed by atoms with Gasteiger partial charge in [-0.3, -0.25) is 9.59 Å². The van der Waals surface area contributed by atoms with Gasteiger partial charge in [-0.25, -0.2) is 9.97 Å². The van der Waals surface area contributed by atoms with Gasteiger partial charge in [-0.1, -0.05) is 29.2 Å². The molecular weight excluding hydrogens is 334 g/mol. The van der Waals surface area contributed by atoms with Gasteiger partial charge in [-0.15, -0.1) is 0 Å². The van der Waals surface area contributed by atoms with Crippen LogP contribution in [0.15, 0.2) is 34.2 Å². The number of carbonyl (C=O) groups is 1. The van der Waals surface area contributed by atoms with Gasteiger partial charge < -0.3 is 16.0 Å². The summed E-state index contributed by atoms with van der Waals surface area (Å²) >= 11 is 2.52. The number of rotatable bonds is 4. The van der Waals surface area contributed by atoms with Crippen LogP contribution in [0.3, 0.4) is 0 Å². The van der Waals surface area contributed by atoms with Gasteiger partial charge in [0.2, 0.25) is 5.91 Å². The minimum absolute atomic E-state index is 0.0986. The summed E-state index contributed by atoms with van der Waals surface area (Å²) in [5.41, 5.74) is 7.13. The molecule has 2 aromatic heterocycles. The molecule has 0 spiro atoms. The van der Waals surface area contributed by atoms with E-state index in [4.69, 9.17) is 5.73 Å². The summed E-state index contributed by atoms with van der Waals surface area (Å²) in [6.07, 6.45) is 0. The van der Waals surface area contributed by atoms with Gasteiger partial charge in [0.25, 0.3) is 5.56 Å². The number of nitrogens with two attached hydrogens (primary N) is 1. The van der Waals surface area contributed by atoms with Crippen LogP contribution in [0.25, 0.3) is 10.2 Å². The highest BCUT2D eigenvalue weighted by molar-refractivity contribution is 7.99. The zero-order valence-electron chi connectivity index (χ0n) is 12.1. The first-order valence-corrected chi connectivity index (χ1v) is 8.46. The average Bonchev–Trinajstić information content (AvgIpc) is 2.85. The number of aromatic amines is 1. The van der Waals surface area contributed by atoms with E-state index in [1.807, 2.05) is 25.1 Å². The molecule has 0 radical (unpaired) electrons. The van der Waals surface area contributed by atoms with Gasteiger partial charge in [0.15, 0.2) is 10.3 Å². The fourth-order valence-electron chi connectivity index (χ4n) is 1.90. The first-order chi connectivity index (χ1) is 11.0. The van der Waals surface area contributed by atoms with E-state index in [0.29, 0.717) is 10.3 Å². The number of aromatic nitrogens is 3. The predicted octanol–water partition coefficient (Wildman–Crippen LogP) is 2.00. The Bertz CT molecular complexity index is 934. The molecule has 0 fully saturated rings. The van der Waals surface area contributed by atoms with Crippen molar-refractivity contribution in [2.75, 3.05) is 16.8 Å². The molecule has 1 amide bonds. The monoisotopic (exact) mass is 347 g/mol. The molecule has 9 heteroatoms. The van der Waals surface area contributed by atoms with Crippen molar-refractivity contribution < 1.29 is 4.79 Å². The zero-order chi connectivity index (χ0) is 16.4. The number of nitrogens with one attached hydrogen (secondary N) is 2. The summed E-state index contributed by atoms with van der Waals surface area (Å²) in [6.45, 7) is 1.99. The van der Waals surface area contributed by atoms with Crippen LogP contribution in [-0.2, 0) is 4.79 Å². The van der Waals surface area contributed by atoms with Crippen molar-refractivity contribution in [3.63, 3.8) is 0 Å². The number of nitrogens with zero attached hydrogens (tertiary/aromatic N) is 2. The van der Waals surface area contributed by atoms with Crippen molar-refractivity contribution in [1.82, 2.24) is 15.0 Å². The number of hydrogen-bond donors (Lipinski definition) is 3. The Morgan fingerprint density at radius 3 is 3.00 bits per heavy atom. The highest BCUT2D eigenvalue weighted by atomic mass is 32.2. The maximum absolute atomic E-state index is 12.0. The van der Waals surface area contributed by atoms with E-state index in [0.717, 1.165) is 27.5 Å². The molecule has 3 aromatic rings. The standard InChI is InChI=1S/C14H13N5O2S2/c1-7-2-3-9-8(4-7)16-14(23-9)19-12(21)6-22-13-17-10(15)5-11(20)18-13/h2-5H,6H2,1H3,(H,16,19,21)(H3,15,17,18,20). The topological polar surface area (TPSA) is 114 Å². The number of carbonyl (C=O) groups excluding carboxylic acids is 1. The Labute approximate surface area is 139 Å². The Morgan fingerprint density at radius 1 is 1.39 bits per heavy atom. The smallest absolute Gasteiger partial charge is 0.253 e. The van der Waals surface area contributed by atoms with E-state index >= 15 is 0 Å². The fourth-order valence-corrected chi connectivity index (χ4v) is 3.45. The number of nitrogen functional groups attached to an aromatic ring is 1. The minimum Gasteiger partial charge on any atom is -0.383 e. The van der Waals surface area contributed by atoms with Gasteiger partial charge in [-0.2, -0.15) is 0 Å². The number of thioether (sulfide) groups is 1. The SMILES string of the molecule is Cc1ccc2sc(NC(=O)CSc3nc(N)cc(=O)[nH]3)nc2c1. The van der Waals surface area contributed by atoms with Crippen LogP contribution in [0.1, 0.15) is 5.56 Å². The molecule has 0 unspecified atom stereocenters. The summed E-state index contributed by atoms with van der Waals surface area (Å²) in [5.74, 6) is -0.00417. The number of aryl methyl sites for hydroxylation is 1. The third-order valence-corrected chi connectivity index (χ3v) is 4.69. The Morgan fingerprint density at radius 2 is 2.22 bits per heavy atom. The first kappa shape index (κ1) is 15.5. The number of amides is 1. The van der Waals surface area contributed by atoms with Gasteiger partial charge in [0.1, 0.15) is 5.82 Å². The molecule has 4 N–H and O–H groups in total. The second kappa shape index (κ2) is 6.39. The van der Waals surface area contributed by atoms with Gasteiger partial charge in [0, 0.05) is 6.07 Å². The minimum atomic E-state index is -0.345. The number of anilines is 2. The lowest BCUT2D eigenvalue weighted by atomic mass is 10.2. The second-order valence-electron chi connectivity index (χ2n) is 4.80. The summed E-state index contributed by atoms with van der Waals surface area (Å²) < 4.78 is 1.01. The number of hydrogen-bond acceptors (Lipinski definition) is 7. The average molecular weight is 347 g/mol. The molecule has 0 aliphatic heterocycles. The molecule has 3 rings (SSSR count). The van der Waals surface area contributed by atoms with Crippen molar-refractivity contribution in [3.8, 4) is 0 Å². The van der Waals surface area contributed by atoms with Crippen LogP contribution in [-0.4, -0.2) is 26.6 Å². The summed E-state index contributed by atoms with van der Waals surface area (Å²) in [7, 11) is 0. The van der Waals surface area contributed by atoms with Crippen LogP contribution >= 0.6 is 23.1 Å². The highest BCUT2D eigenvalue weighted by Crippen LogP contribution is 2.26. The van der Waals surface area contributed by atoms with Crippen LogP contribution in [0.2, 0.25) is 0 Å². The van der Waals surface area contributed by atoms with Crippen molar-refractivity contribution in [2.45, 2.75) is 12.1 Å². The molecule has 23 heavy (non-hydrogen) atoms. The van der Waals surface area contributed by atoms with Crippen molar-refractivity contribution in [2.24, 2.45) is 0 Å². The summed E-state index contributed by atoms with van der Waals surface area (Å²) in [6, 6.07) is 7.14. The predicted molar refractivity (Wildman–Crippen MR) is 93.0 cm³/mol. The van der Waals surface area contributed by atoms with Crippen molar-refractivity contribution in [3.05, 3.63) is 40.2 Å². The van der Waals surface area contributed by atoms with E-state index in [1.165, 1.54) is 17.4 Å². The number of fused-ring (bicyclic) bond motifs is 1. The van der Waals surface area contributed by atoms with Crippen LogP contribution in [0, 0.1) is 6.92 Å². The molecule has 0 saturated heterocycles. The molecule has 0 aliphatic rings. The highest BCUT2D eigenvalue weighted by Gasteiger charge is 2.09. The molecular formula is C14H13N5O2S2.